The number of ether oxygens (including phenoxy) is 1. The van der Waals surface area contributed by atoms with Crippen molar-refractivity contribution in [3.8, 4) is 0 Å². The zero-order valence-corrected chi connectivity index (χ0v) is 10.3. The van der Waals surface area contributed by atoms with Crippen LogP contribution >= 0.6 is 0 Å². The maximum atomic E-state index is 12.0. The first kappa shape index (κ1) is 14.2. The standard InChI is InChI=1S/C10H17N3O5/c1-5(12-10(11)17)8(14)13-4-6(18-2)3-7(13)9(15)16/h5-7H,3-4H2,1-2H3,(H,15,16)(H3,11,12,17). The molecule has 0 aromatic rings. The lowest BCUT2D eigenvalue weighted by atomic mass is 10.2. The van der Waals surface area contributed by atoms with E-state index in [1.807, 2.05) is 0 Å². The number of urea groups is 1. The second-order valence-electron chi connectivity index (χ2n) is 4.17. The summed E-state index contributed by atoms with van der Waals surface area (Å²) < 4.78 is 5.06. The molecule has 0 aliphatic carbocycles. The highest BCUT2D eigenvalue weighted by atomic mass is 16.5. The molecule has 18 heavy (non-hydrogen) atoms. The van der Waals surface area contributed by atoms with Crippen molar-refractivity contribution in [3.63, 3.8) is 0 Å². The number of hydrogen-bond donors (Lipinski definition) is 3. The van der Waals surface area contributed by atoms with Gasteiger partial charge in [-0.25, -0.2) is 9.59 Å². The Bertz CT molecular complexity index is 359. The molecule has 0 bridgehead atoms. The fourth-order valence-corrected chi connectivity index (χ4v) is 1.97. The third-order valence-corrected chi connectivity index (χ3v) is 2.89. The lowest BCUT2D eigenvalue weighted by molar-refractivity contribution is -0.148. The molecule has 0 radical (unpaired) electrons. The van der Waals surface area contributed by atoms with Gasteiger partial charge in [0.15, 0.2) is 0 Å². The molecule has 8 heteroatoms. The molecule has 0 spiro atoms. The normalized spacial score (nSPS) is 24.7. The largest absolute Gasteiger partial charge is 0.480 e. The van der Waals surface area contributed by atoms with Gasteiger partial charge in [-0.3, -0.25) is 4.79 Å². The molecular formula is C10H17N3O5. The summed E-state index contributed by atoms with van der Waals surface area (Å²) in [5.74, 6) is -1.57. The SMILES string of the molecule is COC1CC(C(=O)O)N(C(=O)C(C)NC(N)=O)C1. The number of nitrogens with two attached hydrogens (primary N) is 1. The number of primary amides is 1. The van der Waals surface area contributed by atoms with E-state index < -0.39 is 30.0 Å². The van der Waals surface area contributed by atoms with E-state index in [0.717, 1.165) is 0 Å². The molecule has 1 heterocycles. The van der Waals surface area contributed by atoms with Crippen LogP contribution in [0.2, 0.25) is 0 Å². The highest BCUT2D eigenvalue weighted by Crippen LogP contribution is 2.21. The van der Waals surface area contributed by atoms with Crippen molar-refractivity contribution in [2.75, 3.05) is 13.7 Å². The van der Waals surface area contributed by atoms with Crippen LogP contribution in [-0.2, 0) is 14.3 Å². The lowest BCUT2D eigenvalue weighted by Crippen LogP contribution is -2.51. The van der Waals surface area contributed by atoms with Crippen molar-refractivity contribution in [2.45, 2.75) is 31.5 Å². The summed E-state index contributed by atoms with van der Waals surface area (Å²) in [5, 5.41) is 11.3. The Morgan fingerprint density at radius 3 is 2.56 bits per heavy atom. The summed E-state index contributed by atoms with van der Waals surface area (Å²) in [4.78, 5) is 34.9. The monoisotopic (exact) mass is 259 g/mol. The Kier molecular flexibility index (Phi) is 4.49. The van der Waals surface area contributed by atoms with E-state index in [1.54, 1.807) is 0 Å². The molecule has 3 atom stereocenters. The number of nitrogens with one attached hydrogen (secondary N) is 1. The van der Waals surface area contributed by atoms with Crippen LogP contribution in [0.1, 0.15) is 13.3 Å². The quantitative estimate of drug-likeness (QED) is 0.582. The van der Waals surface area contributed by atoms with E-state index in [-0.39, 0.29) is 19.1 Å². The number of carboxylic acids is 1. The van der Waals surface area contributed by atoms with Crippen molar-refractivity contribution in [3.05, 3.63) is 0 Å². The first-order valence-corrected chi connectivity index (χ1v) is 5.48. The van der Waals surface area contributed by atoms with Gasteiger partial charge in [-0.2, -0.15) is 0 Å². The summed E-state index contributed by atoms with van der Waals surface area (Å²) in [6, 6.07) is -2.62. The fraction of sp³-hybridized carbons (Fsp3) is 0.700. The van der Waals surface area contributed by atoms with Gasteiger partial charge in [0.05, 0.1) is 6.10 Å². The Morgan fingerprint density at radius 1 is 1.50 bits per heavy atom. The fourth-order valence-electron chi connectivity index (χ4n) is 1.97. The predicted octanol–water partition coefficient (Wildman–Crippen LogP) is -1.26. The molecule has 3 amide bonds. The molecule has 102 valence electrons. The average Bonchev–Trinajstić information content (AvgIpc) is 2.71. The van der Waals surface area contributed by atoms with Crippen molar-refractivity contribution < 1.29 is 24.2 Å². The first-order chi connectivity index (χ1) is 8.36. The van der Waals surface area contributed by atoms with Gasteiger partial charge in [0.25, 0.3) is 0 Å². The zero-order chi connectivity index (χ0) is 13.9. The van der Waals surface area contributed by atoms with Crippen LogP contribution < -0.4 is 11.1 Å². The molecule has 0 aromatic heterocycles. The van der Waals surface area contributed by atoms with Gasteiger partial charge in [-0.1, -0.05) is 0 Å². The summed E-state index contributed by atoms with van der Waals surface area (Å²) in [6.07, 6.45) is -0.0724. The Labute approximate surface area is 104 Å². The summed E-state index contributed by atoms with van der Waals surface area (Å²) in [5.41, 5.74) is 4.92. The number of amides is 3. The molecule has 1 rings (SSSR count). The van der Waals surface area contributed by atoms with Crippen LogP contribution in [0.15, 0.2) is 0 Å². The van der Waals surface area contributed by atoms with Crippen molar-refractivity contribution >= 4 is 17.9 Å². The van der Waals surface area contributed by atoms with Crippen molar-refractivity contribution in [1.82, 2.24) is 10.2 Å². The highest BCUT2D eigenvalue weighted by molar-refractivity contribution is 5.90. The van der Waals surface area contributed by atoms with Crippen LogP contribution in [0, 0.1) is 0 Å². The van der Waals surface area contributed by atoms with Crippen LogP contribution in [-0.4, -0.2) is 59.8 Å². The van der Waals surface area contributed by atoms with E-state index in [2.05, 4.69) is 5.32 Å². The predicted molar refractivity (Wildman–Crippen MR) is 60.7 cm³/mol. The molecule has 8 nitrogen and oxygen atoms in total. The van der Waals surface area contributed by atoms with Gasteiger partial charge in [-0.15, -0.1) is 0 Å². The van der Waals surface area contributed by atoms with E-state index in [0.29, 0.717) is 0 Å². The summed E-state index contributed by atoms with van der Waals surface area (Å²) >= 11 is 0. The maximum absolute atomic E-state index is 12.0. The molecule has 1 saturated heterocycles. The van der Waals surface area contributed by atoms with Crippen LogP contribution in [0.3, 0.4) is 0 Å². The highest BCUT2D eigenvalue weighted by Gasteiger charge is 2.41. The molecule has 1 aliphatic heterocycles. The van der Waals surface area contributed by atoms with Crippen LogP contribution in [0.25, 0.3) is 0 Å². The van der Waals surface area contributed by atoms with E-state index in [9.17, 15) is 14.4 Å². The maximum Gasteiger partial charge on any atom is 0.326 e. The van der Waals surface area contributed by atoms with Crippen LogP contribution in [0.5, 0.6) is 0 Å². The Morgan fingerprint density at radius 2 is 2.11 bits per heavy atom. The zero-order valence-electron chi connectivity index (χ0n) is 10.3. The number of carbonyl (C=O) groups excluding carboxylic acids is 2. The van der Waals surface area contributed by atoms with Gasteiger partial charge in [0.1, 0.15) is 12.1 Å². The summed E-state index contributed by atoms with van der Waals surface area (Å²) in [6.45, 7) is 1.64. The average molecular weight is 259 g/mol. The number of nitrogens with zero attached hydrogens (tertiary/aromatic N) is 1. The molecule has 0 saturated carbocycles. The molecule has 0 aromatic carbocycles. The minimum Gasteiger partial charge on any atom is -0.480 e. The van der Waals surface area contributed by atoms with E-state index >= 15 is 0 Å². The minimum atomic E-state index is -1.09. The molecule has 4 N–H and O–H groups in total. The number of carboxylic acid groups (broad SMARTS) is 1. The van der Waals surface area contributed by atoms with E-state index in [1.165, 1.54) is 18.9 Å². The lowest BCUT2D eigenvalue weighted by Gasteiger charge is -2.24. The van der Waals surface area contributed by atoms with Crippen LogP contribution in [0.4, 0.5) is 4.79 Å². The number of hydrogen-bond acceptors (Lipinski definition) is 4. The van der Waals surface area contributed by atoms with Gasteiger partial charge >= 0.3 is 12.0 Å². The number of rotatable bonds is 4. The second kappa shape index (κ2) is 5.67. The number of aliphatic carboxylic acids is 1. The van der Waals surface area contributed by atoms with Gasteiger partial charge in [0.2, 0.25) is 5.91 Å². The molecule has 1 aliphatic rings. The third-order valence-electron chi connectivity index (χ3n) is 2.89. The Balaban J connectivity index is 2.76. The number of carbonyl (C=O) groups is 3. The van der Waals surface area contributed by atoms with Gasteiger partial charge in [0, 0.05) is 20.1 Å². The van der Waals surface area contributed by atoms with Crippen molar-refractivity contribution in [2.24, 2.45) is 5.73 Å². The minimum absolute atomic E-state index is 0.192. The Hall–Kier alpha value is -1.83. The molecule has 3 unspecified atom stereocenters. The van der Waals surface area contributed by atoms with Gasteiger partial charge in [-0.05, 0) is 6.92 Å². The molecular weight excluding hydrogens is 242 g/mol. The third kappa shape index (κ3) is 3.10. The van der Waals surface area contributed by atoms with Crippen molar-refractivity contribution in [1.29, 1.82) is 0 Å². The number of methoxy groups -OCH3 is 1. The van der Waals surface area contributed by atoms with E-state index in [4.69, 9.17) is 15.6 Å². The first-order valence-electron chi connectivity index (χ1n) is 5.48. The number of likely N-dealkylation sites (tertiary alicyclic amines) is 1. The topological polar surface area (TPSA) is 122 Å². The molecule has 1 fully saturated rings. The smallest absolute Gasteiger partial charge is 0.326 e. The van der Waals surface area contributed by atoms with Gasteiger partial charge < -0.3 is 25.8 Å². The second-order valence-corrected chi connectivity index (χ2v) is 4.17. The summed E-state index contributed by atoms with van der Waals surface area (Å²) in [7, 11) is 1.46.